The molecule has 0 spiro atoms. The molecule has 2 rings (SSSR count). The molecule has 0 atom stereocenters. The van der Waals surface area contributed by atoms with Gasteiger partial charge in [-0.1, -0.05) is 42.5 Å². The lowest BCUT2D eigenvalue weighted by atomic mass is 10.2. The van der Waals surface area contributed by atoms with Gasteiger partial charge in [-0.3, -0.25) is 4.90 Å². The molecule has 108 valence electrons. The predicted molar refractivity (Wildman–Crippen MR) is 85.0 cm³/mol. The maximum atomic E-state index is 12.2. The first-order chi connectivity index (χ1) is 10.2. The Balaban J connectivity index is 2.07. The molecule has 0 unspecified atom stereocenters. The monoisotopic (exact) mass is 282 g/mol. The lowest BCUT2D eigenvalue weighted by Gasteiger charge is -2.21. The van der Waals surface area contributed by atoms with Gasteiger partial charge in [0.2, 0.25) is 0 Å². The van der Waals surface area contributed by atoms with Crippen molar-refractivity contribution in [3.8, 4) is 0 Å². The van der Waals surface area contributed by atoms with Crippen molar-refractivity contribution in [2.45, 2.75) is 6.61 Å². The molecule has 2 aromatic carbocycles. The molecule has 0 saturated carbocycles. The highest BCUT2D eigenvalue weighted by atomic mass is 16.6. The average molecular weight is 282 g/mol. The van der Waals surface area contributed by atoms with Crippen LogP contribution in [0.3, 0.4) is 0 Å². The Hall–Kier alpha value is -2.75. The highest BCUT2D eigenvalue weighted by Crippen LogP contribution is 2.19. The maximum Gasteiger partial charge on any atom is 0.414 e. The summed E-state index contributed by atoms with van der Waals surface area (Å²) in [6.45, 7) is 4.26. The van der Waals surface area contributed by atoms with Gasteiger partial charge in [0.15, 0.2) is 0 Å². The number of nitrogens with two attached hydrogens (primary N) is 1. The van der Waals surface area contributed by atoms with E-state index >= 15 is 0 Å². The lowest BCUT2D eigenvalue weighted by Crippen LogP contribution is -2.31. The molecule has 0 aliphatic heterocycles. The fourth-order valence-electron chi connectivity index (χ4n) is 1.90. The van der Waals surface area contributed by atoms with E-state index in [1.807, 2.05) is 36.4 Å². The van der Waals surface area contributed by atoms with Crippen LogP contribution < -0.4 is 10.6 Å². The first kappa shape index (κ1) is 14.7. The van der Waals surface area contributed by atoms with E-state index in [2.05, 4.69) is 6.58 Å². The number of nitrogen functional groups attached to an aromatic ring is 1. The molecular formula is C17H18N2O2. The highest BCUT2D eigenvalue weighted by Gasteiger charge is 2.16. The molecule has 1 amide bonds. The summed E-state index contributed by atoms with van der Waals surface area (Å²) >= 11 is 0. The van der Waals surface area contributed by atoms with Crippen LogP contribution in [0.25, 0.3) is 0 Å². The topological polar surface area (TPSA) is 55.6 Å². The summed E-state index contributed by atoms with van der Waals surface area (Å²) in [4.78, 5) is 13.7. The molecule has 4 heteroatoms. The van der Waals surface area contributed by atoms with Crippen LogP contribution in [0.4, 0.5) is 16.2 Å². The van der Waals surface area contributed by atoms with Crippen molar-refractivity contribution in [1.29, 1.82) is 0 Å². The molecule has 2 aromatic rings. The van der Waals surface area contributed by atoms with Crippen molar-refractivity contribution >= 4 is 17.5 Å². The second-order valence-electron chi connectivity index (χ2n) is 4.53. The van der Waals surface area contributed by atoms with Crippen LogP contribution in [0.5, 0.6) is 0 Å². The molecule has 0 bridgehead atoms. The van der Waals surface area contributed by atoms with Crippen LogP contribution in [0.15, 0.2) is 67.3 Å². The number of benzene rings is 2. The van der Waals surface area contributed by atoms with Crippen LogP contribution in [0.2, 0.25) is 0 Å². The fourth-order valence-corrected chi connectivity index (χ4v) is 1.90. The molecule has 0 aliphatic rings. The van der Waals surface area contributed by atoms with Crippen molar-refractivity contribution in [2.24, 2.45) is 0 Å². The van der Waals surface area contributed by atoms with Gasteiger partial charge in [-0.2, -0.15) is 0 Å². The smallest absolute Gasteiger partial charge is 0.414 e. The van der Waals surface area contributed by atoms with E-state index in [-0.39, 0.29) is 6.61 Å². The van der Waals surface area contributed by atoms with E-state index in [1.165, 1.54) is 4.90 Å². The minimum Gasteiger partial charge on any atom is -0.444 e. The van der Waals surface area contributed by atoms with Crippen LogP contribution in [-0.2, 0) is 11.3 Å². The third-order valence-electron chi connectivity index (χ3n) is 2.92. The van der Waals surface area contributed by atoms with Crippen LogP contribution in [0.1, 0.15) is 5.56 Å². The molecule has 0 fully saturated rings. The Labute approximate surface area is 124 Å². The Bertz CT molecular complexity index is 611. The highest BCUT2D eigenvalue weighted by molar-refractivity contribution is 5.88. The molecule has 0 aliphatic carbocycles. The summed E-state index contributed by atoms with van der Waals surface area (Å²) in [5, 5.41) is 0. The zero-order chi connectivity index (χ0) is 15.1. The summed E-state index contributed by atoms with van der Waals surface area (Å²) in [6.07, 6.45) is 1.22. The summed E-state index contributed by atoms with van der Waals surface area (Å²) in [6, 6.07) is 16.7. The van der Waals surface area contributed by atoms with Crippen molar-refractivity contribution in [2.75, 3.05) is 17.2 Å². The Kier molecular flexibility index (Phi) is 4.99. The second kappa shape index (κ2) is 7.14. The first-order valence-corrected chi connectivity index (χ1v) is 6.65. The molecular weight excluding hydrogens is 264 g/mol. The van der Waals surface area contributed by atoms with Crippen molar-refractivity contribution in [1.82, 2.24) is 0 Å². The first-order valence-electron chi connectivity index (χ1n) is 6.65. The average Bonchev–Trinajstić information content (AvgIpc) is 2.51. The van der Waals surface area contributed by atoms with E-state index in [9.17, 15) is 4.79 Å². The van der Waals surface area contributed by atoms with Gasteiger partial charge >= 0.3 is 6.09 Å². The summed E-state index contributed by atoms with van der Waals surface area (Å²) in [5.74, 6) is 0. The number of ether oxygens (including phenoxy) is 1. The van der Waals surface area contributed by atoms with Crippen LogP contribution >= 0.6 is 0 Å². The van der Waals surface area contributed by atoms with E-state index in [0.717, 1.165) is 5.56 Å². The third-order valence-corrected chi connectivity index (χ3v) is 2.92. The van der Waals surface area contributed by atoms with Crippen molar-refractivity contribution in [3.63, 3.8) is 0 Å². The van der Waals surface area contributed by atoms with E-state index < -0.39 is 6.09 Å². The van der Waals surface area contributed by atoms with Gasteiger partial charge in [-0.25, -0.2) is 4.79 Å². The Morgan fingerprint density at radius 1 is 1.19 bits per heavy atom. The minimum atomic E-state index is -0.427. The quantitative estimate of drug-likeness (QED) is 0.673. The normalized spacial score (nSPS) is 9.90. The fraction of sp³-hybridized carbons (Fsp3) is 0.118. The summed E-state index contributed by atoms with van der Waals surface area (Å²) < 4.78 is 5.34. The molecule has 0 saturated heterocycles. The Morgan fingerprint density at radius 2 is 1.95 bits per heavy atom. The standard InChI is InChI=1S/C17H18N2O2/c1-2-11-19(16-10-6-9-15(18)12-16)17(20)21-13-14-7-4-3-5-8-14/h2-10,12H,1,11,13,18H2. The van der Waals surface area contributed by atoms with Crippen LogP contribution in [0, 0.1) is 0 Å². The maximum absolute atomic E-state index is 12.2. The predicted octanol–water partition coefficient (Wildman–Crippen LogP) is 3.60. The zero-order valence-electron chi connectivity index (χ0n) is 11.7. The van der Waals surface area contributed by atoms with Gasteiger partial charge in [0.25, 0.3) is 0 Å². The third kappa shape index (κ3) is 4.11. The number of anilines is 2. The Morgan fingerprint density at radius 3 is 2.62 bits per heavy atom. The largest absolute Gasteiger partial charge is 0.444 e. The van der Waals surface area contributed by atoms with Gasteiger partial charge in [-0.05, 0) is 23.8 Å². The number of nitrogens with zero attached hydrogens (tertiary/aromatic N) is 1. The number of carbonyl (C=O) groups excluding carboxylic acids is 1. The SMILES string of the molecule is C=CCN(C(=O)OCc1ccccc1)c1cccc(N)c1. The molecule has 21 heavy (non-hydrogen) atoms. The number of hydrogen-bond donors (Lipinski definition) is 1. The molecule has 0 heterocycles. The molecule has 0 radical (unpaired) electrons. The minimum absolute atomic E-state index is 0.232. The molecule has 4 nitrogen and oxygen atoms in total. The van der Waals surface area contributed by atoms with Crippen molar-refractivity contribution < 1.29 is 9.53 Å². The second-order valence-corrected chi connectivity index (χ2v) is 4.53. The number of rotatable bonds is 5. The number of amides is 1. The number of hydrogen-bond acceptors (Lipinski definition) is 3. The van der Waals surface area contributed by atoms with Crippen LogP contribution in [-0.4, -0.2) is 12.6 Å². The molecule has 0 aromatic heterocycles. The van der Waals surface area contributed by atoms with Gasteiger partial charge < -0.3 is 10.5 Å². The van der Waals surface area contributed by atoms with E-state index in [1.54, 1.807) is 24.3 Å². The summed E-state index contributed by atoms with van der Waals surface area (Å²) in [7, 11) is 0. The van der Waals surface area contributed by atoms with Crippen molar-refractivity contribution in [3.05, 3.63) is 72.8 Å². The molecule has 2 N–H and O–H groups in total. The van der Waals surface area contributed by atoms with E-state index in [4.69, 9.17) is 10.5 Å². The van der Waals surface area contributed by atoms with Gasteiger partial charge in [0, 0.05) is 17.9 Å². The van der Waals surface area contributed by atoms with Gasteiger partial charge in [-0.15, -0.1) is 6.58 Å². The van der Waals surface area contributed by atoms with Gasteiger partial charge in [0.1, 0.15) is 6.61 Å². The van der Waals surface area contributed by atoms with Gasteiger partial charge in [0.05, 0.1) is 0 Å². The lowest BCUT2D eigenvalue weighted by molar-refractivity contribution is 0.148. The summed E-state index contributed by atoms with van der Waals surface area (Å²) in [5.41, 5.74) is 7.98. The zero-order valence-corrected chi connectivity index (χ0v) is 11.7. The number of carbonyl (C=O) groups is 1. The van der Waals surface area contributed by atoms with E-state index in [0.29, 0.717) is 17.9 Å².